The Morgan fingerprint density at radius 2 is 2.00 bits per heavy atom. The Kier molecular flexibility index (Phi) is 3.77. The molecule has 0 spiro atoms. The van der Waals surface area contributed by atoms with Crippen LogP contribution in [0.5, 0.6) is 0 Å². The summed E-state index contributed by atoms with van der Waals surface area (Å²) in [7, 11) is 0. The summed E-state index contributed by atoms with van der Waals surface area (Å²) in [5.74, 6) is -0.149. The number of nitrogens with one attached hydrogen (secondary N) is 1. The van der Waals surface area contributed by atoms with Gasteiger partial charge in [-0.05, 0) is 35.9 Å². The van der Waals surface area contributed by atoms with E-state index in [0.29, 0.717) is 30.9 Å². The molecule has 3 aliphatic rings. The molecule has 5 rings (SSSR count). The highest BCUT2D eigenvalue weighted by Crippen LogP contribution is 2.40. The first-order valence-corrected chi connectivity index (χ1v) is 10.1. The molecule has 2 aromatic carbocycles. The predicted octanol–water partition coefficient (Wildman–Crippen LogP) is 2.18. The first-order chi connectivity index (χ1) is 13.6. The topological polar surface area (TPSA) is 73.0 Å². The smallest absolute Gasteiger partial charge is 0.254 e. The number of anilines is 3. The van der Waals surface area contributed by atoms with Gasteiger partial charge in [0, 0.05) is 25.2 Å². The molecular formula is C20H18N4O3S. The summed E-state index contributed by atoms with van der Waals surface area (Å²) in [4.78, 5) is 28.1. The summed E-state index contributed by atoms with van der Waals surface area (Å²) < 4.78 is 17.2. The van der Waals surface area contributed by atoms with Crippen molar-refractivity contribution in [3.05, 3.63) is 66.2 Å². The lowest BCUT2D eigenvalue weighted by Crippen LogP contribution is -2.60. The van der Waals surface area contributed by atoms with Crippen LogP contribution in [-0.4, -0.2) is 45.0 Å². The van der Waals surface area contributed by atoms with E-state index in [-0.39, 0.29) is 17.9 Å². The molecule has 1 N–H and O–H groups in total. The van der Waals surface area contributed by atoms with E-state index >= 15 is 0 Å². The van der Waals surface area contributed by atoms with E-state index in [1.54, 1.807) is 9.21 Å². The SMILES string of the molecule is C=CC(=O)N1CC(N2Cc3ccc(N4c5ccccc5NS4=O)cc3C2=O)C1. The number of likely N-dealkylation sites (tertiary alicyclic amines) is 1. The zero-order chi connectivity index (χ0) is 19.4. The highest BCUT2D eigenvalue weighted by atomic mass is 32.2. The molecule has 2 amide bonds. The van der Waals surface area contributed by atoms with Crippen molar-refractivity contribution in [1.82, 2.24) is 9.80 Å². The number of fused-ring (bicyclic) bond motifs is 2. The van der Waals surface area contributed by atoms with Gasteiger partial charge in [0.05, 0.1) is 23.1 Å². The molecule has 3 heterocycles. The summed E-state index contributed by atoms with van der Waals surface area (Å²) in [5.41, 5.74) is 3.92. The van der Waals surface area contributed by atoms with Gasteiger partial charge < -0.3 is 9.80 Å². The van der Waals surface area contributed by atoms with Gasteiger partial charge in [-0.25, -0.2) is 8.51 Å². The van der Waals surface area contributed by atoms with Crippen molar-refractivity contribution in [2.75, 3.05) is 22.1 Å². The summed E-state index contributed by atoms with van der Waals surface area (Å²) in [5, 5.41) is 0. The fourth-order valence-electron chi connectivity index (χ4n) is 3.90. The van der Waals surface area contributed by atoms with Gasteiger partial charge in [-0.15, -0.1) is 0 Å². The third-order valence-electron chi connectivity index (χ3n) is 5.44. The van der Waals surface area contributed by atoms with Gasteiger partial charge in [-0.2, -0.15) is 0 Å². The van der Waals surface area contributed by atoms with E-state index in [0.717, 1.165) is 16.9 Å². The van der Waals surface area contributed by atoms with Crippen LogP contribution in [0.2, 0.25) is 0 Å². The standard InChI is InChI=1S/C20H18N4O3S/c1-2-19(25)22-11-15(12-22)23-10-13-7-8-14(9-16(13)20(23)26)24-18-6-4-3-5-17(18)21-28(24)27/h2-9,15,21H,1,10-12H2. The van der Waals surface area contributed by atoms with Crippen LogP contribution in [0.1, 0.15) is 15.9 Å². The Morgan fingerprint density at radius 1 is 1.21 bits per heavy atom. The molecule has 0 aliphatic carbocycles. The van der Waals surface area contributed by atoms with Crippen molar-refractivity contribution < 1.29 is 13.8 Å². The number of para-hydroxylation sites is 2. The highest BCUT2D eigenvalue weighted by molar-refractivity contribution is 7.88. The third-order valence-corrected chi connectivity index (χ3v) is 6.57. The molecule has 2 aromatic rings. The third kappa shape index (κ3) is 2.45. The van der Waals surface area contributed by atoms with Gasteiger partial charge in [-0.1, -0.05) is 24.8 Å². The van der Waals surface area contributed by atoms with Crippen molar-refractivity contribution in [1.29, 1.82) is 0 Å². The summed E-state index contributed by atoms with van der Waals surface area (Å²) in [6.45, 7) is 5.10. The molecule has 7 nitrogen and oxygen atoms in total. The van der Waals surface area contributed by atoms with Gasteiger partial charge in [0.25, 0.3) is 5.91 Å². The van der Waals surface area contributed by atoms with Gasteiger partial charge >= 0.3 is 0 Å². The quantitative estimate of drug-likeness (QED) is 0.811. The van der Waals surface area contributed by atoms with E-state index in [9.17, 15) is 13.8 Å². The Morgan fingerprint density at radius 3 is 2.79 bits per heavy atom. The van der Waals surface area contributed by atoms with Crippen LogP contribution < -0.4 is 9.03 Å². The number of hydrogen-bond acceptors (Lipinski definition) is 3. The average molecular weight is 394 g/mol. The normalized spacial score (nSPS) is 20.5. The minimum Gasteiger partial charge on any atom is -0.335 e. The summed E-state index contributed by atoms with van der Waals surface area (Å²) in [6, 6.07) is 13.2. The Bertz CT molecular complexity index is 1050. The van der Waals surface area contributed by atoms with Crippen molar-refractivity contribution in [3.8, 4) is 0 Å². The van der Waals surface area contributed by atoms with Gasteiger partial charge in [0.2, 0.25) is 17.1 Å². The molecule has 0 bridgehead atoms. The molecule has 1 fully saturated rings. The van der Waals surface area contributed by atoms with Crippen LogP contribution >= 0.6 is 0 Å². The van der Waals surface area contributed by atoms with Crippen molar-refractivity contribution in [3.63, 3.8) is 0 Å². The number of hydrogen-bond donors (Lipinski definition) is 1. The molecular weight excluding hydrogens is 376 g/mol. The zero-order valence-electron chi connectivity index (χ0n) is 15.0. The maximum Gasteiger partial charge on any atom is 0.254 e. The van der Waals surface area contributed by atoms with Crippen molar-refractivity contribution in [2.24, 2.45) is 0 Å². The van der Waals surface area contributed by atoms with Gasteiger partial charge in [-0.3, -0.25) is 14.3 Å². The second kappa shape index (κ2) is 6.20. The van der Waals surface area contributed by atoms with Gasteiger partial charge in [0.1, 0.15) is 0 Å². The predicted molar refractivity (Wildman–Crippen MR) is 107 cm³/mol. The van der Waals surface area contributed by atoms with Crippen molar-refractivity contribution >= 4 is 40.0 Å². The number of rotatable bonds is 3. The molecule has 28 heavy (non-hydrogen) atoms. The Labute approximate surface area is 164 Å². The van der Waals surface area contributed by atoms with Crippen LogP contribution in [0.25, 0.3) is 0 Å². The monoisotopic (exact) mass is 394 g/mol. The van der Waals surface area contributed by atoms with Gasteiger partial charge in [0.15, 0.2) is 0 Å². The molecule has 0 aromatic heterocycles. The van der Waals surface area contributed by atoms with Crippen LogP contribution in [0.4, 0.5) is 17.1 Å². The fraction of sp³-hybridized carbons (Fsp3) is 0.200. The van der Waals surface area contributed by atoms with E-state index < -0.39 is 11.2 Å². The van der Waals surface area contributed by atoms with Crippen LogP contribution in [0.15, 0.2) is 55.1 Å². The number of carbonyl (C=O) groups is 2. The minimum absolute atomic E-state index is 0.0237. The highest BCUT2D eigenvalue weighted by Gasteiger charge is 2.40. The molecule has 142 valence electrons. The minimum atomic E-state index is -1.43. The summed E-state index contributed by atoms with van der Waals surface area (Å²) in [6.07, 6.45) is 1.30. The molecule has 1 atom stereocenters. The molecule has 1 unspecified atom stereocenters. The number of benzene rings is 2. The molecule has 8 heteroatoms. The van der Waals surface area contributed by atoms with Crippen molar-refractivity contribution in [2.45, 2.75) is 12.6 Å². The van der Waals surface area contributed by atoms with E-state index in [2.05, 4.69) is 11.3 Å². The van der Waals surface area contributed by atoms with E-state index in [1.165, 1.54) is 6.08 Å². The molecule has 0 radical (unpaired) electrons. The van der Waals surface area contributed by atoms with Crippen LogP contribution in [-0.2, 0) is 22.5 Å². The van der Waals surface area contributed by atoms with Crippen LogP contribution in [0, 0.1) is 0 Å². The lowest BCUT2D eigenvalue weighted by atomic mass is 10.1. The lowest BCUT2D eigenvalue weighted by molar-refractivity contribution is -0.132. The second-order valence-electron chi connectivity index (χ2n) is 7.04. The average Bonchev–Trinajstić information content (AvgIpc) is 3.16. The molecule has 1 saturated heterocycles. The largest absolute Gasteiger partial charge is 0.335 e. The number of nitrogens with zero attached hydrogens (tertiary/aromatic N) is 3. The number of carbonyl (C=O) groups excluding carboxylic acids is 2. The molecule has 3 aliphatic heterocycles. The first kappa shape index (κ1) is 17.0. The van der Waals surface area contributed by atoms with E-state index in [4.69, 9.17) is 0 Å². The first-order valence-electron chi connectivity index (χ1n) is 9.00. The Hall–Kier alpha value is -3.13. The lowest BCUT2D eigenvalue weighted by Gasteiger charge is -2.43. The summed E-state index contributed by atoms with van der Waals surface area (Å²) >= 11 is -1.43. The number of amides is 2. The Balaban J connectivity index is 1.40. The maximum absolute atomic E-state index is 13.0. The second-order valence-corrected chi connectivity index (χ2v) is 8.11. The van der Waals surface area contributed by atoms with E-state index in [1.807, 2.05) is 47.4 Å². The zero-order valence-corrected chi connectivity index (χ0v) is 15.8. The van der Waals surface area contributed by atoms with Crippen LogP contribution in [0.3, 0.4) is 0 Å². The maximum atomic E-state index is 13.0. The fourth-order valence-corrected chi connectivity index (χ4v) is 4.99. The molecule has 0 saturated carbocycles.